The molecule has 1 atom stereocenters. The van der Waals surface area contributed by atoms with Crippen molar-refractivity contribution in [2.45, 2.75) is 57.5 Å². The number of fused-ring (bicyclic) bond motifs is 1. The van der Waals surface area contributed by atoms with Gasteiger partial charge in [0.1, 0.15) is 0 Å². The van der Waals surface area contributed by atoms with Crippen LogP contribution in [0, 0.1) is 6.92 Å². The number of carbonyl (C=O) groups excluding carboxylic acids is 1. The molecule has 1 saturated carbocycles. The Kier molecular flexibility index (Phi) is 3.27. The van der Waals surface area contributed by atoms with Crippen molar-refractivity contribution in [3.8, 4) is 0 Å². The Labute approximate surface area is 134 Å². The summed E-state index contributed by atoms with van der Waals surface area (Å²) in [6.45, 7) is 5.81. The summed E-state index contributed by atoms with van der Waals surface area (Å²) in [6.07, 6.45) is 4.16. The second-order valence-corrected chi connectivity index (χ2v) is 7.75. The summed E-state index contributed by atoms with van der Waals surface area (Å²) in [4.78, 5) is 17.2. The molecule has 2 aromatic rings. The van der Waals surface area contributed by atoms with Crippen molar-refractivity contribution < 1.29 is 4.79 Å². The highest BCUT2D eigenvalue weighted by Crippen LogP contribution is 2.42. The fourth-order valence-electron chi connectivity index (χ4n) is 3.35. The van der Waals surface area contributed by atoms with Gasteiger partial charge >= 0.3 is 0 Å². The SMILES string of the molecule is Cc1nc2scc(C3CC3)n2c1CNCC1(C)CCC(=O)N1. The van der Waals surface area contributed by atoms with Gasteiger partial charge < -0.3 is 10.6 Å². The Morgan fingerprint density at radius 1 is 1.55 bits per heavy atom. The van der Waals surface area contributed by atoms with Crippen LogP contribution in [-0.4, -0.2) is 27.4 Å². The molecular weight excluding hydrogens is 296 g/mol. The second kappa shape index (κ2) is 5.06. The molecule has 0 aromatic carbocycles. The molecule has 1 unspecified atom stereocenters. The summed E-state index contributed by atoms with van der Waals surface area (Å²) in [5.74, 6) is 0.897. The summed E-state index contributed by atoms with van der Waals surface area (Å²) < 4.78 is 2.35. The lowest BCUT2D eigenvalue weighted by Gasteiger charge is -2.24. The van der Waals surface area contributed by atoms with Crippen LogP contribution >= 0.6 is 11.3 Å². The number of rotatable bonds is 5. The molecule has 2 N–H and O–H groups in total. The predicted octanol–water partition coefficient (Wildman–Crippen LogP) is 2.34. The number of nitrogens with one attached hydrogen (secondary N) is 2. The van der Waals surface area contributed by atoms with Gasteiger partial charge in [0.15, 0.2) is 4.96 Å². The van der Waals surface area contributed by atoms with Gasteiger partial charge in [0.2, 0.25) is 5.91 Å². The Hall–Kier alpha value is -1.40. The fourth-order valence-corrected chi connectivity index (χ4v) is 4.39. The molecule has 5 nitrogen and oxygen atoms in total. The van der Waals surface area contributed by atoms with Crippen molar-refractivity contribution in [3.63, 3.8) is 0 Å². The van der Waals surface area contributed by atoms with Crippen molar-refractivity contribution in [2.24, 2.45) is 0 Å². The minimum Gasteiger partial charge on any atom is -0.350 e. The van der Waals surface area contributed by atoms with Crippen molar-refractivity contribution in [2.75, 3.05) is 6.54 Å². The van der Waals surface area contributed by atoms with E-state index in [2.05, 4.69) is 34.3 Å². The van der Waals surface area contributed by atoms with E-state index in [1.54, 1.807) is 11.3 Å². The fraction of sp³-hybridized carbons (Fsp3) is 0.625. The van der Waals surface area contributed by atoms with Crippen LogP contribution in [0.1, 0.15) is 55.6 Å². The second-order valence-electron chi connectivity index (χ2n) is 6.91. The molecule has 1 aliphatic carbocycles. The third-order valence-electron chi connectivity index (χ3n) is 4.83. The van der Waals surface area contributed by atoms with Crippen molar-refractivity contribution in [1.29, 1.82) is 0 Å². The van der Waals surface area contributed by atoms with E-state index in [4.69, 9.17) is 4.98 Å². The van der Waals surface area contributed by atoms with Gasteiger partial charge in [-0.1, -0.05) is 0 Å². The standard InChI is InChI=1S/C16H22N4OS/c1-10-12(7-17-9-16(2)6-5-14(21)19-16)20-13(11-3-4-11)8-22-15(20)18-10/h8,11,17H,3-7,9H2,1-2H3,(H,19,21). The molecule has 6 heteroatoms. The van der Waals surface area contributed by atoms with Crippen LogP contribution in [-0.2, 0) is 11.3 Å². The first kappa shape index (κ1) is 14.2. The molecule has 22 heavy (non-hydrogen) atoms. The molecule has 0 spiro atoms. The van der Waals surface area contributed by atoms with Crippen molar-refractivity contribution >= 4 is 22.2 Å². The van der Waals surface area contributed by atoms with Crippen LogP contribution < -0.4 is 10.6 Å². The van der Waals surface area contributed by atoms with Crippen LogP contribution in [0.15, 0.2) is 5.38 Å². The van der Waals surface area contributed by atoms with E-state index in [1.165, 1.54) is 24.2 Å². The molecule has 4 rings (SSSR count). The number of carbonyl (C=O) groups is 1. The molecule has 118 valence electrons. The highest BCUT2D eigenvalue weighted by Gasteiger charge is 2.33. The first-order chi connectivity index (χ1) is 10.6. The zero-order valence-corrected chi connectivity index (χ0v) is 13.9. The summed E-state index contributed by atoms with van der Waals surface area (Å²) >= 11 is 1.74. The molecule has 0 bridgehead atoms. The van der Waals surface area contributed by atoms with Gasteiger partial charge in [-0.25, -0.2) is 4.98 Å². The van der Waals surface area contributed by atoms with E-state index in [0.29, 0.717) is 6.42 Å². The maximum Gasteiger partial charge on any atom is 0.220 e. The van der Waals surface area contributed by atoms with Gasteiger partial charge in [-0.3, -0.25) is 9.20 Å². The van der Waals surface area contributed by atoms with Crippen LogP contribution in [0.4, 0.5) is 0 Å². The lowest BCUT2D eigenvalue weighted by Crippen LogP contribution is -2.46. The molecule has 0 radical (unpaired) electrons. The summed E-state index contributed by atoms with van der Waals surface area (Å²) in [5.41, 5.74) is 3.70. The summed E-state index contributed by atoms with van der Waals surface area (Å²) in [5, 5.41) is 8.87. The van der Waals surface area contributed by atoms with Gasteiger partial charge in [0.05, 0.1) is 16.9 Å². The smallest absolute Gasteiger partial charge is 0.220 e. The highest BCUT2D eigenvalue weighted by molar-refractivity contribution is 7.15. The molecule has 2 aliphatic rings. The number of hydrogen-bond donors (Lipinski definition) is 2. The number of thiazole rings is 1. The minimum atomic E-state index is -0.108. The molecular formula is C16H22N4OS. The van der Waals surface area contributed by atoms with Gasteiger partial charge in [0, 0.05) is 36.5 Å². The molecule has 3 heterocycles. The monoisotopic (exact) mass is 318 g/mol. The predicted molar refractivity (Wildman–Crippen MR) is 87.3 cm³/mol. The number of imidazole rings is 1. The van der Waals surface area contributed by atoms with E-state index in [0.717, 1.165) is 36.1 Å². The van der Waals surface area contributed by atoms with Crippen LogP contribution in [0.2, 0.25) is 0 Å². The lowest BCUT2D eigenvalue weighted by atomic mass is 10.0. The van der Waals surface area contributed by atoms with E-state index in [-0.39, 0.29) is 11.4 Å². The quantitative estimate of drug-likeness (QED) is 0.889. The topological polar surface area (TPSA) is 58.4 Å². The molecule has 1 amide bonds. The van der Waals surface area contributed by atoms with E-state index >= 15 is 0 Å². The average molecular weight is 318 g/mol. The van der Waals surface area contributed by atoms with Gasteiger partial charge in [0.25, 0.3) is 0 Å². The maximum atomic E-state index is 11.4. The van der Waals surface area contributed by atoms with Gasteiger partial charge in [-0.05, 0) is 33.1 Å². The van der Waals surface area contributed by atoms with E-state index in [1.807, 2.05) is 0 Å². The lowest BCUT2D eigenvalue weighted by molar-refractivity contribution is -0.119. The molecule has 1 saturated heterocycles. The Morgan fingerprint density at radius 3 is 3.05 bits per heavy atom. The van der Waals surface area contributed by atoms with E-state index in [9.17, 15) is 4.79 Å². The van der Waals surface area contributed by atoms with Gasteiger partial charge in [-0.2, -0.15) is 0 Å². The summed E-state index contributed by atoms with van der Waals surface area (Å²) in [7, 11) is 0. The first-order valence-electron chi connectivity index (χ1n) is 8.03. The highest BCUT2D eigenvalue weighted by atomic mass is 32.1. The Morgan fingerprint density at radius 2 is 2.36 bits per heavy atom. The van der Waals surface area contributed by atoms with Crippen molar-refractivity contribution in [1.82, 2.24) is 20.0 Å². The third kappa shape index (κ3) is 2.44. The number of aryl methyl sites for hydroxylation is 1. The zero-order chi connectivity index (χ0) is 15.3. The average Bonchev–Trinajstić information content (AvgIpc) is 3.04. The molecule has 2 aromatic heterocycles. The number of hydrogen-bond acceptors (Lipinski definition) is 4. The van der Waals surface area contributed by atoms with Crippen molar-refractivity contribution in [3.05, 3.63) is 22.5 Å². The largest absolute Gasteiger partial charge is 0.350 e. The maximum absolute atomic E-state index is 11.4. The minimum absolute atomic E-state index is 0.108. The normalized spacial score (nSPS) is 25.1. The first-order valence-corrected chi connectivity index (χ1v) is 8.91. The number of aromatic nitrogens is 2. The van der Waals surface area contributed by atoms with E-state index < -0.39 is 0 Å². The molecule has 1 aliphatic heterocycles. The number of nitrogens with zero attached hydrogens (tertiary/aromatic N) is 2. The van der Waals surface area contributed by atoms with Crippen LogP contribution in [0.3, 0.4) is 0 Å². The molecule has 2 fully saturated rings. The van der Waals surface area contributed by atoms with Crippen LogP contribution in [0.5, 0.6) is 0 Å². The zero-order valence-electron chi connectivity index (χ0n) is 13.1. The van der Waals surface area contributed by atoms with Crippen LogP contribution in [0.25, 0.3) is 4.96 Å². The van der Waals surface area contributed by atoms with Gasteiger partial charge in [-0.15, -0.1) is 11.3 Å². The Balaban J connectivity index is 1.50. The summed E-state index contributed by atoms with van der Waals surface area (Å²) in [6, 6.07) is 0. The number of amides is 1. The third-order valence-corrected chi connectivity index (χ3v) is 5.68. The Bertz CT molecular complexity index is 730.